The number of amides is 1. The first-order valence-electron chi connectivity index (χ1n) is 12.2. The average molecular weight is 440 g/mol. The molecule has 4 heteroatoms. The van der Waals surface area contributed by atoms with Gasteiger partial charge in [-0.25, -0.2) is 0 Å². The van der Waals surface area contributed by atoms with Crippen LogP contribution in [0.3, 0.4) is 0 Å². The van der Waals surface area contributed by atoms with Gasteiger partial charge in [-0.05, 0) is 91.1 Å². The highest BCUT2D eigenvalue weighted by atomic mass is 16.2. The van der Waals surface area contributed by atoms with E-state index in [0.717, 1.165) is 44.5 Å². The number of nitrogens with one attached hydrogen (secondary N) is 1. The summed E-state index contributed by atoms with van der Waals surface area (Å²) in [6, 6.07) is 19.7. The molecule has 4 nitrogen and oxygen atoms in total. The number of carbonyl (C=O) groups excluding carboxylic acids is 1. The highest BCUT2D eigenvalue weighted by Gasteiger charge is 2.40. The Kier molecular flexibility index (Phi) is 6.28. The molecule has 2 fully saturated rings. The number of carbonyl (C=O) groups is 1. The molecule has 2 atom stereocenters. The molecule has 1 aliphatic heterocycles. The minimum absolute atomic E-state index is 0.0304. The predicted octanol–water partition coefficient (Wildman–Crippen LogP) is 5.25. The SMILES string of the molecule is Cc1cccc(CN(C(=O)[C@H]2CNCC[C@@H]2c2cccc(-c3ccncc3)c2)C2CC2)c1C. The number of pyridine rings is 1. The van der Waals surface area contributed by atoms with E-state index in [1.807, 2.05) is 24.5 Å². The zero-order valence-electron chi connectivity index (χ0n) is 19.6. The summed E-state index contributed by atoms with van der Waals surface area (Å²) in [6.07, 6.45) is 6.90. The Morgan fingerprint density at radius 1 is 1.00 bits per heavy atom. The molecule has 0 spiro atoms. The molecule has 0 radical (unpaired) electrons. The van der Waals surface area contributed by atoms with Crippen LogP contribution in [0.2, 0.25) is 0 Å². The summed E-state index contributed by atoms with van der Waals surface area (Å²) >= 11 is 0. The second kappa shape index (κ2) is 9.48. The minimum atomic E-state index is -0.0304. The van der Waals surface area contributed by atoms with Crippen LogP contribution in [0, 0.1) is 19.8 Å². The fourth-order valence-corrected chi connectivity index (χ4v) is 5.16. The van der Waals surface area contributed by atoms with Gasteiger partial charge in [0.15, 0.2) is 0 Å². The maximum atomic E-state index is 14.0. The molecule has 5 rings (SSSR count). The monoisotopic (exact) mass is 439 g/mol. The number of piperidine rings is 1. The van der Waals surface area contributed by atoms with Crippen molar-refractivity contribution in [3.63, 3.8) is 0 Å². The second-order valence-corrected chi connectivity index (χ2v) is 9.62. The molecule has 2 aliphatic rings. The van der Waals surface area contributed by atoms with Crippen molar-refractivity contribution in [2.45, 2.75) is 51.6 Å². The smallest absolute Gasteiger partial charge is 0.228 e. The quantitative estimate of drug-likeness (QED) is 0.571. The average Bonchev–Trinajstić information content (AvgIpc) is 3.70. The molecular weight excluding hydrogens is 406 g/mol. The first kappa shape index (κ1) is 21.8. The van der Waals surface area contributed by atoms with Crippen molar-refractivity contribution in [2.75, 3.05) is 13.1 Å². The van der Waals surface area contributed by atoms with E-state index in [1.165, 1.54) is 27.8 Å². The third-order valence-electron chi connectivity index (χ3n) is 7.46. The molecule has 33 heavy (non-hydrogen) atoms. The first-order chi connectivity index (χ1) is 16.1. The number of hydrogen-bond acceptors (Lipinski definition) is 3. The summed E-state index contributed by atoms with van der Waals surface area (Å²) in [5.74, 6) is 0.516. The molecule has 0 unspecified atom stereocenters. The van der Waals surface area contributed by atoms with Crippen LogP contribution in [0.1, 0.15) is 47.4 Å². The van der Waals surface area contributed by atoms with Crippen molar-refractivity contribution in [3.05, 3.63) is 89.2 Å². The summed E-state index contributed by atoms with van der Waals surface area (Å²) in [5.41, 5.74) is 7.49. The lowest BCUT2D eigenvalue weighted by molar-refractivity contribution is -0.138. The van der Waals surface area contributed by atoms with Crippen LogP contribution in [-0.4, -0.2) is 34.9 Å². The summed E-state index contributed by atoms with van der Waals surface area (Å²) in [4.78, 5) is 20.3. The fourth-order valence-electron chi connectivity index (χ4n) is 5.16. The van der Waals surface area contributed by atoms with Crippen LogP contribution in [-0.2, 0) is 11.3 Å². The zero-order chi connectivity index (χ0) is 22.8. The van der Waals surface area contributed by atoms with Crippen molar-refractivity contribution in [3.8, 4) is 11.1 Å². The lowest BCUT2D eigenvalue weighted by Crippen LogP contribution is -2.47. The lowest BCUT2D eigenvalue weighted by atomic mass is 9.79. The molecule has 2 aromatic carbocycles. The van der Waals surface area contributed by atoms with Crippen LogP contribution in [0.5, 0.6) is 0 Å². The van der Waals surface area contributed by atoms with Gasteiger partial charge in [0.25, 0.3) is 0 Å². The van der Waals surface area contributed by atoms with E-state index in [0.29, 0.717) is 11.9 Å². The van der Waals surface area contributed by atoms with Crippen LogP contribution in [0.25, 0.3) is 11.1 Å². The van der Waals surface area contributed by atoms with Crippen molar-refractivity contribution in [2.24, 2.45) is 5.92 Å². The molecule has 170 valence electrons. The number of rotatable bonds is 6. The summed E-state index contributed by atoms with van der Waals surface area (Å²) in [5, 5.41) is 3.50. The van der Waals surface area contributed by atoms with E-state index in [1.54, 1.807) is 0 Å². The third kappa shape index (κ3) is 4.72. The second-order valence-electron chi connectivity index (χ2n) is 9.62. The molecule has 1 aliphatic carbocycles. The summed E-state index contributed by atoms with van der Waals surface area (Å²) in [6.45, 7) is 6.75. The Morgan fingerprint density at radius 2 is 1.79 bits per heavy atom. The minimum Gasteiger partial charge on any atom is -0.335 e. The van der Waals surface area contributed by atoms with Crippen molar-refractivity contribution in [1.82, 2.24) is 15.2 Å². The number of aromatic nitrogens is 1. The van der Waals surface area contributed by atoms with E-state index < -0.39 is 0 Å². The van der Waals surface area contributed by atoms with E-state index in [-0.39, 0.29) is 11.8 Å². The molecule has 1 amide bonds. The number of benzene rings is 2. The van der Waals surface area contributed by atoms with Crippen LogP contribution in [0.4, 0.5) is 0 Å². The Hall–Kier alpha value is -2.98. The molecule has 1 aromatic heterocycles. The first-order valence-corrected chi connectivity index (χ1v) is 12.2. The van der Waals surface area contributed by atoms with Crippen molar-refractivity contribution in [1.29, 1.82) is 0 Å². The fraction of sp³-hybridized carbons (Fsp3) is 0.379. The molecule has 1 saturated carbocycles. The molecule has 3 aromatic rings. The van der Waals surface area contributed by atoms with Crippen molar-refractivity contribution < 1.29 is 4.79 Å². The van der Waals surface area contributed by atoms with Gasteiger partial charge in [-0.2, -0.15) is 0 Å². The van der Waals surface area contributed by atoms with Gasteiger partial charge < -0.3 is 10.2 Å². The van der Waals surface area contributed by atoms with Crippen LogP contribution < -0.4 is 5.32 Å². The third-order valence-corrected chi connectivity index (χ3v) is 7.46. The maximum absolute atomic E-state index is 14.0. The van der Waals surface area contributed by atoms with E-state index in [2.05, 4.69) is 71.5 Å². The largest absolute Gasteiger partial charge is 0.335 e. The summed E-state index contributed by atoms with van der Waals surface area (Å²) < 4.78 is 0. The Labute approximate surface area is 197 Å². The zero-order valence-corrected chi connectivity index (χ0v) is 19.6. The molecule has 2 heterocycles. The van der Waals surface area contributed by atoms with Gasteiger partial charge in [-0.3, -0.25) is 9.78 Å². The number of aryl methyl sites for hydroxylation is 1. The highest BCUT2D eigenvalue weighted by Crippen LogP contribution is 2.37. The number of hydrogen-bond donors (Lipinski definition) is 1. The van der Waals surface area contributed by atoms with Gasteiger partial charge in [0.2, 0.25) is 5.91 Å². The van der Waals surface area contributed by atoms with Gasteiger partial charge in [0.1, 0.15) is 0 Å². The van der Waals surface area contributed by atoms with E-state index in [9.17, 15) is 4.79 Å². The Balaban J connectivity index is 1.42. The maximum Gasteiger partial charge on any atom is 0.228 e. The summed E-state index contributed by atoms with van der Waals surface area (Å²) in [7, 11) is 0. The van der Waals surface area contributed by atoms with Gasteiger partial charge in [0, 0.05) is 31.5 Å². The molecule has 1 saturated heterocycles. The van der Waals surface area contributed by atoms with Crippen LogP contribution in [0.15, 0.2) is 67.0 Å². The van der Waals surface area contributed by atoms with Crippen LogP contribution >= 0.6 is 0 Å². The standard InChI is InChI=1S/C29H33N3O/c1-20-5-3-8-25(21(20)2)19-32(26-9-10-26)29(33)28-18-31-16-13-27(28)24-7-4-6-23(17-24)22-11-14-30-15-12-22/h3-8,11-12,14-15,17,26-28,31H,9-10,13,16,18-19H2,1-2H3/t27-,28+/m1/s1. The molecule has 1 N–H and O–H groups in total. The topological polar surface area (TPSA) is 45.2 Å². The van der Waals surface area contributed by atoms with E-state index in [4.69, 9.17) is 0 Å². The van der Waals surface area contributed by atoms with E-state index >= 15 is 0 Å². The molecular formula is C29H33N3O. The predicted molar refractivity (Wildman–Crippen MR) is 133 cm³/mol. The Bertz CT molecular complexity index is 1120. The highest BCUT2D eigenvalue weighted by molar-refractivity contribution is 5.81. The Morgan fingerprint density at radius 3 is 2.58 bits per heavy atom. The van der Waals surface area contributed by atoms with Gasteiger partial charge in [-0.15, -0.1) is 0 Å². The van der Waals surface area contributed by atoms with Gasteiger partial charge >= 0.3 is 0 Å². The van der Waals surface area contributed by atoms with Gasteiger partial charge in [0.05, 0.1) is 5.92 Å². The van der Waals surface area contributed by atoms with Gasteiger partial charge in [-0.1, -0.05) is 42.5 Å². The van der Waals surface area contributed by atoms with Crippen molar-refractivity contribution >= 4 is 5.91 Å². The number of nitrogens with zero attached hydrogens (tertiary/aromatic N) is 2. The normalized spacial score (nSPS) is 20.4. The lowest BCUT2D eigenvalue weighted by Gasteiger charge is -2.36. The molecule has 0 bridgehead atoms.